The van der Waals surface area contributed by atoms with Gasteiger partial charge in [-0.05, 0) is 38.0 Å². The first-order valence-corrected chi connectivity index (χ1v) is 8.48. The fourth-order valence-corrected chi connectivity index (χ4v) is 2.87. The Bertz CT molecular complexity index is 614. The standard InChI is InChI=1S/C18H27N3O4/c1-13(12-24-3)20(2)18(23)19-15-11-14(17(22)25-4)7-8-16(15)21-9-5-6-10-21/h7-8,11,13H,5-6,9-10,12H2,1-4H3,(H,19,23)/t13-/m0/s1. The van der Waals surface area contributed by atoms with Gasteiger partial charge in [0.05, 0.1) is 36.7 Å². The summed E-state index contributed by atoms with van der Waals surface area (Å²) < 4.78 is 9.89. The molecule has 1 saturated heterocycles. The highest BCUT2D eigenvalue weighted by Gasteiger charge is 2.21. The third kappa shape index (κ3) is 4.63. The monoisotopic (exact) mass is 349 g/mol. The Balaban J connectivity index is 2.25. The first kappa shape index (κ1) is 19.1. The topological polar surface area (TPSA) is 71.1 Å². The van der Waals surface area contributed by atoms with E-state index < -0.39 is 5.97 Å². The van der Waals surface area contributed by atoms with Gasteiger partial charge in [-0.2, -0.15) is 0 Å². The molecular weight excluding hydrogens is 322 g/mol. The first-order chi connectivity index (χ1) is 12.0. The normalized spacial score (nSPS) is 15.0. The van der Waals surface area contributed by atoms with Crippen LogP contribution in [-0.2, 0) is 9.47 Å². The van der Waals surface area contributed by atoms with Crippen molar-refractivity contribution in [3.05, 3.63) is 23.8 Å². The predicted octanol–water partition coefficient (Wildman–Crippen LogP) is 2.57. The molecule has 0 saturated carbocycles. The van der Waals surface area contributed by atoms with Crippen LogP contribution in [0.3, 0.4) is 0 Å². The van der Waals surface area contributed by atoms with Crippen molar-refractivity contribution in [1.29, 1.82) is 0 Å². The van der Waals surface area contributed by atoms with Crippen molar-refractivity contribution in [2.75, 3.05) is 51.2 Å². The van der Waals surface area contributed by atoms with Crippen molar-refractivity contribution in [2.45, 2.75) is 25.8 Å². The molecule has 2 rings (SSSR count). The highest BCUT2D eigenvalue weighted by Crippen LogP contribution is 2.30. The molecule has 1 aliphatic heterocycles. The number of carbonyl (C=O) groups is 2. The Hall–Kier alpha value is -2.28. The van der Waals surface area contributed by atoms with Crippen LogP contribution in [-0.4, -0.2) is 63.9 Å². The second-order valence-electron chi connectivity index (χ2n) is 6.26. The van der Waals surface area contributed by atoms with Crippen molar-refractivity contribution < 1.29 is 19.1 Å². The number of anilines is 2. The molecule has 1 atom stereocenters. The first-order valence-electron chi connectivity index (χ1n) is 8.48. The lowest BCUT2D eigenvalue weighted by Crippen LogP contribution is -2.40. The number of hydrogen-bond donors (Lipinski definition) is 1. The number of likely N-dealkylation sites (N-methyl/N-ethyl adjacent to an activating group) is 1. The van der Waals surface area contributed by atoms with Crippen LogP contribution in [0.4, 0.5) is 16.2 Å². The van der Waals surface area contributed by atoms with E-state index in [4.69, 9.17) is 9.47 Å². The summed E-state index contributed by atoms with van der Waals surface area (Å²) in [5.41, 5.74) is 1.95. The molecule has 0 unspecified atom stereocenters. The molecule has 1 aromatic carbocycles. The molecule has 7 heteroatoms. The summed E-state index contributed by atoms with van der Waals surface area (Å²) in [5, 5.41) is 2.93. The molecule has 1 N–H and O–H groups in total. The summed E-state index contributed by atoms with van der Waals surface area (Å²) in [6.45, 7) is 4.24. The predicted molar refractivity (Wildman–Crippen MR) is 97.3 cm³/mol. The van der Waals surface area contributed by atoms with Crippen LogP contribution in [0.5, 0.6) is 0 Å². The van der Waals surface area contributed by atoms with Crippen LogP contribution in [0.25, 0.3) is 0 Å². The molecule has 0 radical (unpaired) electrons. The van der Waals surface area contributed by atoms with Crippen LogP contribution in [0.1, 0.15) is 30.1 Å². The number of rotatable bonds is 6. The van der Waals surface area contributed by atoms with E-state index in [1.54, 1.807) is 31.2 Å². The zero-order valence-corrected chi connectivity index (χ0v) is 15.4. The molecule has 0 aliphatic carbocycles. The van der Waals surface area contributed by atoms with Crippen LogP contribution in [0.15, 0.2) is 18.2 Å². The van der Waals surface area contributed by atoms with Gasteiger partial charge in [0.25, 0.3) is 0 Å². The van der Waals surface area contributed by atoms with Crippen molar-refractivity contribution >= 4 is 23.4 Å². The number of hydrogen-bond acceptors (Lipinski definition) is 5. The zero-order chi connectivity index (χ0) is 18.4. The molecule has 138 valence electrons. The van der Waals surface area contributed by atoms with E-state index in [-0.39, 0.29) is 12.1 Å². The zero-order valence-electron chi connectivity index (χ0n) is 15.4. The maximum atomic E-state index is 12.6. The average Bonchev–Trinajstić information content (AvgIpc) is 3.14. The second-order valence-corrected chi connectivity index (χ2v) is 6.26. The van der Waals surface area contributed by atoms with Crippen LogP contribution >= 0.6 is 0 Å². The quantitative estimate of drug-likeness (QED) is 0.799. The Kier molecular flexibility index (Phi) is 6.64. The molecule has 1 heterocycles. The van der Waals surface area contributed by atoms with Gasteiger partial charge in [-0.3, -0.25) is 0 Å². The van der Waals surface area contributed by atoms with Gasteiger partial charge in [0.15, 0.2) is 0 Å². The van der Waals surface area contributed by atoms with Crippen molar-refractivity contribution in [3.63, 3.8) is 0 Å². The molecule has 1 fully saturated rings. The lowest BCUT2D eigenvalue weighted by atomic mass is 10.1. The minimum absolute atomic E-state index is 0.0657. The smallest absolute Gasteiger partial charge is 0.337 e. The number of urea groups is 1. The Morgan fingerprint density at radius 1 is 1.28 bits per heavy atom. The Morgan fingerprint density at radius 2 is 1.96 bits per heavy atom. The Labute approximate surface area is 148 Å². The van der Waals surface area contributed by atoms with E-state index in [1.807, 2.05) is 13.0 Å². The van der Waals surface area contributed by atoms with E-state index in [1.165, 1.54) is 7.11 Å². The summed E-state index contributed by atoms with van der Waals surface area (Å²) in [5.74, 6) is -0.426. The van der Waals surface area contributed by atoms with Gasteiger partial charge in [0.2, 0.25) is 0 Å². The van der Waals surface area contributed by atoms with Crippen molar-refractivity contribution in [1.82, 2.24) is 4.90 Å². The van der Waals surface area contributed by atoms with Crippen LogP contribution < -0.4 is 10.2 Å². The molecule has 0 spiro atoms. The van der Waals surface area contributed by atoms with E-state index in [2.05, 4.69) is 10.2 Å². The lowest BCUT2D eigenvalue weighted by Gasteiger charge is -2.27. The third-order valence-electron chi connectivity index (χ3n) is 4.50. The summed E-state index contributed by atoms with van der Waals surface area (Å²) in [6, 6.07) is 4.96. The number of esters is 1. The number of methoxy groups -OCH3 is 2. The van der Waals surface area contributed by atoms with Crippen LogP contribution in [0.2, 0.25) is 0 Å². The van der Waals surface area contributed by atoms with E-state index in [0.717, 1.165) is 31.6 Å². The minimum atomic E-state index is -0.426. The SMILES string of the molecule is COC[C@H](C)N(C)C(=O)Nc1cc(C(=O)OC)ccc1N1CCCC1. The van der Waals surface area contributed by atoms with Gasteiger partial charge in [0, 0.05) is 27.2 Å². The summed E-state index contributed by atoms with van der Waals surface area (Å²) >= 11 is 0. The fourth-order valence-electron chi connectivity index (χ4n) is 2.87. The number of nitrogens with one attached hydrogen (secondary N) is 1. The van der Waals surface area contributed by atoms with E-state index >= 15 is 0 Å². The molecule has 1 aromatic rings. The van der Waals surface area contributed by atoms with Gasteiger partial charge in [-0.15, -0.1) is 0 Å². The van der Waals surface area contributed by atoms with Crippen molar-refractivity contribution in [2.24, 2.45) is 0 Å². The Morgan fingerprint density at radius 3 is 2.56 bits per heavy atom. The summed E-state index contributed by atoms with van der Waals surface area (Å²) in [4.78, 5) is 28.2. The molecule has 0 bridgehead atoms. The van der Waals surface area contributed by atoms with E-state index in [0.29, 0.717) is 17.9 Å². The van der Waals surface area contributed by atoms with Gasteiger partial charge >= 0.3 is 12.0 Å². The summed E-state index contributed by atoms with van der Waals surface area (Å²) in [7, 11) is 4.67. The van der Waals surface area contributed by atoms with E-state index in [9.17, 15) is 9.59 Å². The molecule has 25 heavy (non-hydrogen) atoms. The highest BCUT2D eigenvalue weighted by atomic mass is 16.5. The number of carbonyl (C=O) groups excluding carboxylic acids is 2. The van der Waals surface area contributed by atoms with Gasteiger partial charge in [0.1, 0.15) is 0 Å². The third-order valence-corrected chi connectivity index (χ3v) is 4.50. The number of benzene rings is 1. The molecule has 7 nitrogen and oxygen atoms in total. The maximum absolute atomic E-state index is 12.6. The molecule has 1 aliphatic rings. The average molecular weight is 349 g/mol. The van der Waals surface area contributed by atoms with Gasteiger partial charge < -0.3 is 24.6 Å². The number of ether oxygens (including phenoxy) is 2. The number of amides is 2. The maximum Gasteiger partial charge on any atom is 0.337 e. The largest absolute Gasteiger partial charge is 0.465 e. The molecular formula is C18H27N3O4. The van der Waals surface area contributed by atoms with Crippen molar-refractivity contribution in [3.8, 4) is 0 Å². The summed E-state index contributed by atoms with van der Waals surface area (Å²) in [6.07, 6.45) is 2.24. The molecule has 0 aromatic heterocycles. The number of nitrogens with zero attached hydrogens (tertiary/aromatic N) is 2. The van der Waals surface area contributed by atoms with Gasteiger partial charge in [-0.25, -0.2) is 9.59 Å². The second kappa shape index (κ2) is 8.71. The molecule has 2 amide bonds. The minimum Gasteiger partial charge on any atom is -0.465 e. The fraction of sp³-hybridized carbons (Fsp3) is 0.556. The highest BCUT2D eigenvalue weighted by molar-refractivity contribution is 5.97. The van der Waals surface area contributed by atoms with Gasteiger partial charge in [-0.1, -0.05) is 0 Å². The lowest BCUT2D eigenvalue weighted by molar-refractivity contribution is 0.0600. The van der Waals surface area contributed by atoms with Crippen LogP contribution in [0, 0.1) is 0 Å².